The summed E-state index contributed by atoms with van der Waals surface area (Å²) in [7, 11) is 0. The smallest absolute Gasteiger partial charge is 0.223 e. The molecule has 2 aliphatic rings. The predicted octanol–water partition coefficient (Wildman–Crippen LogP) is 2.07. The second-order valence-electron chi connectivity index (χ2n) is 6.32. The van der Waals surface area contributed by atoms with E-state index in [0.717, 1.165) is 26.2 Å². The molecule has 2 heterocycles. The molecule has 2 fully saturated rings. The quantitative estimate of drug-likeness (QED) is 0.868. The maximum absolute atomic E-state index is 12.4. The first-order chi connectivity index (χ1) is 9.06. The van der Waals surface area contributed by atoms with E-state index >= 15 is 0 Å². The van der Waals surface area contributed by atoms with Crippen molar-refractivity contribution in [3.8, 4) is 0 Å². The fourth-order valence-corrected chi connectivity index (χ4v) is 3.37. The van der Waals surface area contributed by atoms with Crippen LogP contribution in [-0.2, 0) is 9.53 Å². The summed E-state index contributed by atoms with van der Waals surface area (Å²) < 4.78 is 5.69. The second kappa shape index (κ2) is 8.20. The van der Waals surface area contributed by atoms with Crippen molar-refractivity contribution in [1.29, 1.82) is 0 Å². The first kappa shape index (κ1) is 17.7. The van der Waals surface area contributed by atoms with Crippen LogP contribution in [0.4, 0.5) is 0 Å². The molecule has 0 bridgehead atoms. The summed E-state index contributed by atoms with van der Waals surface area (Å²) in [6, 6.07) is 0. The molecule has 4 nitrogen and oxygen atoms in total. The van der Waals surface area contributed by atoms with Gasteiger partial charge < -0.3 is 15.0 Å². The number of amides is 1. The first-order valence-electron chi connectivity index (χ1n) is 7.70. The van der Waals surface area contributed by atoms with E-state index in [2.05, 4.69) is 12.2 Å². The molecule has 2 aliphatic heterocycles. The number of morpholine rings is 1. The normalized spacial score (nSPS) is 29.6. The van der Waals surface area contributed by atoms with E-state index in [-0.39, 0.29) is 24.6 Å². The molecular weight excluding hydrogens is 276 g/mol. The fraction of sp³-hybridized carbons (Fsp3) is 0.933. The molecule has 0 aliphatic carbocycles. The number of carbonyl (C=O) groups is 1. The highest BCUT2D eigenvalue weighted by Crippen LogP contribution is 2.25. The summed E-state index contributed by atoms with van der Waals surface area (Å²) in [5.74, 6) is 1.53. The first-order valence-corrected chi connectivity index (χ1v) is 7.70. The standard InChI is InChI=1S/C15H28N2O2.ClH/c1-11(14-4-6-16-7-5-14)8-15(18)17-9-12(2)19-13(3)10-17;/h11-14,16H,4-10H2,1-3H3;1H. The molecule has 0 aromatic carbocycles. The van der Waals surface area contributed by atoms with Crippen molar-refractivity contribution in [2.45, 2.75) is 52.2 Å². The van der Waals surface area contributed by atoms with Gasteiger partial charge in [-0.2, -0.15) is 0 Å². The molecule has 118 valence electrons. The van der Waals surface area contributed by atoms with Gasteiger partial charge in [-0.15, -0.1) is 12.4 Å². The molecule has 2 rings (SSSR count). The Bertz CT molecular complexity index is 298. The van der Waals surface area contributed by atoms with E-state index in [1.807, 2.05) is 18.7 Å². The van der Waals surface area contributed by atoms with Crippen LogP contribution in [0.25, 0.3) is 0 Å². The summed E-state index contributed by atoms with van der Waals surface area (Å²) in [6.45, 7) is 10.0. The number of carbonyl (C=O) groups excluding carboxylic acids is 1. The molecule has 1 amide bonds. The lowest BCUT2D eigenvalue weighted by Gasteiger charge is -2.36. The van der Waals surface area contributed by atoms with Crippen molar-refractivity contribution in [3.63, 3.8) is 0 Å². The number of halogens is 1. The van der Waals surface area contributed by atoms with Gasteiger partial charge in [-0.3, -0.25) is 4.79 Å². The highest BCUT2D eigenvalue weighted by atomic mass is 35.5. The highest BCUT2D eigenvalue weighted by Gasteiger charge is 2.28. The molecule has 20 heavy (non-hydrogen) atoms. The number of nitrogens with zero attached hydrogens (tertiary/aromatic N) is 1. The summed E-state index contributed by atoms with van der Waals surface area (Å²) in [5, 5.41) is 3.39. The van der Waals surface area contributed by atoms with Crippen LogP contribution in [0.3, 0.4) is 0 Å². The Morgan fingerprint density at radius 2 is 1.80 bits per heavy atom. The van der Waals surface area contributed by atoms with Crippen molar-refractivity contribution >= 4 is 18.3 Å². The average molecular weight is 305 g/mol. The minimum absolute atomic E-state index is 0. The Hall–Kier alpha value is -0.320. The molecule has 3 unspecified atom stereocenters. The molecule has 2 saturated heterocycles. The van der Waals surface area contributed by atoms with Crippen molar-refractivity contribution in [1.82, 2.24) is 10.2 Å². The molecule has 0 aromatic heterocycles. The second-order valence-corrected chi connectivity index (χ2v) is 6.32. The fourth-order valence-electron chi connectivity index (χ4n) is 3.37. The Balaban J connectivity index is 0.00000200. The van der Waals surface area contributed by atoms with Gasteiger partial charge in [0.2, 0.25) is 5.91 Å². The number of ether oxygens (including phenoxy) is 1. The summed E-state index contributed by atoms with van der Waals surface area (Å²) in [4.78, 5) is 14.4. The maximum Gasteiger partial charge on any atom is 0.223 e. The van der Waals surface area contributed by atoms with Crippen molar-refractivity contribution < 1.29 is 9.53 Å². The van der Waals surface area contributed by atoms with E-state index < -0.39 is 0 Å². The van der Waals surface area contributed by atoms with Crippen LogP contribution < -0.4 is 5.32 Å². The van der Waals surface area contributed by atoms with Gasteiger partial charge >= 0.3 is 0 Å². The van der Waals surface area contributed by atoms with E-state index in [9.17, 15) is 4.79 Å². The van der Waals surface area contributed by atoms with E-state index in [1.165, 1.54) is 12.8 Å². The third-order valence-corrected chi connectivity index (χ3v) is 4.46. The zero-order chi connectivity index (χ0) is 13.8. The molecule has 1 N–H and O–H groups in total. The summed E-state index contributed by atoms with van der Waals surface area (Å²) in [5.41, 5.74) is 0. The largest absolute Gasteiger partial charge is 0.372 e. The van der Waals surface area contributed by atoms with Crippen LogP contribution >= 0.6 is 12.4 Å². The number of hydrogen-bond donors (Lipinski definition) is 1. The molecular formula is C15H29ClN2O2. The lowest BCUT2D eigenvalue weighted by atomic mass is 9.84. The van der Waals surface area contributed by atoms with Crippen molar-refractivity contribution in [3.05, 3.63) is 0 Å². The van der Waals surface area contributed by atoms with E-state index in [4.69, 9.17) is 4.74 Å². The van der Waals surface area contributed by atoms with Gasteiger partial charge in [-0.25, -0.2) is 0 Å². The number of piperidine rings is 1. The molecule has 0 aromatic rings. The van der Waals surface area contributed by atoms with Crippen LogP contribution in [0.5, 0.6) is 0 Å². The van der Waals surface area contributed by atoms with Crippen LogP contribution in [0.1, 0.15) is 40.0 Å². The topological polar surface area (TPSA) is 41.6 Å². The van der Waals surface area contributed by atoms with Crippen molar-refractivity contribution in [2.75, 3.05) is 26.2 Å². The minimum Gasteiger partial charge on any atom is -0.372 e. The molecule has 0 radical (unpaired) electrons. The monoisotopic (exact) mass is 304 g/mol. The van der Waals surface area contributed by atoms with Crippen LogP contribution in [0, 0.1) is 11.8 Å². The lowest BCUT2D eigenvalue weighted by Crippen LogP contribution is -2.48. The van der Waals surface area contributed by atoms with Gasteiger partial charge in [0.1, 0.15) is 0 Å². The third-order valence-electron chi connectivity index (χ3n) is 4.46. The zero-order valence-electron chi connectivity index (χ0n) is 12.9. The van der Waals surface area contributed by atoms with Gasteiger partial charge in [0.05, 0.1) is 12.2 Å². The van der Waals surface area contributed by atoms with Crippen LogP contribution in [0.2, 0.25) is 0 Å². The summed E-state index contributed by atoms with van der Waals surface area (Å²) >= 11 is 0. The molecule has 0 spiro atoms. The Kier molecular flexibility index (Phi) is 7.27. The van der Waals surface area contributed by atoms with E-state index in [1.54, 1.807) is 0 Å². The number of nitrogens with one attached hydrogen (secondary N) is 1. The molecule has 3 atom stereocenters. The Labute approximate surface area is 129 Å². The van der Waals surface area contributed by atoms with Gasteiger partial charge in [0, 0.05) is 19.5 Å². The zero-order valence-corrected chi connectivity index (χ0v) is 13.7. The van der Waals surface area contributed by atoms with Gasteiger partial charge in [-0.05, 0) is 51.6 Å². The maximum atomic E-state index is 12.4. The highest BCUT2D eigenvalue weighted by molar-refractivity contribution is 5.85. The van der Waals surface area contributed by atoms with Crippen molar-refractivity contribution in [2.24, 2.45) is 11.8 Å². The molecule has 0 saturated carbocycles. The number of hydrogen-bond acceptors (Lipinski definition) is 3. The van der Waals surface area contributed by atoms with Gasteiger partial charge in [0.15, 0.2) is 0 Å². The number of rotatable bonds is 3. The lowest BCUT2D eigenvalue weighted by molar-refractivity contribution is -0.144. The van der Waals surface area contributed by atoms with E-state index in [0.29, 0.717) is 24.2 Å². The molecule has 5 heteroatoms. The third kappa shape index (κ3) is 4.90. The average Bonchev–Trinajstić information content (AvgIpc) is 2.38. The van der Waals surface area contributed by atoms with Crippen LogP contribution in [-0.4, -0.2) is 49.2 Å². The predicted molar refractivity (Wildman–Crippen MR) is 83.2 cm³/mol. The SMILES string of the molecule is CC1CN(C(=O)CC(C)C2CCNCC2)CC(C)O1.Cl. The minimum atomic E-state index is 0. The summed E-state index contributed by atoms with van der Waals surface area (Å²) in [6.07, 6.45) is 3.46. The Morgan fingerprint density at radius 1 is 1.25 bits per heavy atom. The Morgan fingerprint density at radius 3 is 2.35 bits per heavy atom. The van der Waals surface area contributed by atoms with Crippen LogP contribution in [0.15, 0.2) is 0 Å². The van der Waals surface area contributed by atoms with Gasteiger partial charge in [0.25, 0.3) is 0 Å². The van der Waals surface area contributed by atoms with Gasteiger partial charge in [-0.1, -0.05) is 6.92 Å².